The summed E-state index contributed by atoms with van der Waals surface area (Å²) < 4.78 is 16.4. The molecule has 0 bridgehead atoms. The Hall–Kier alpha value is -4.31. The van der Waals surface area contributed by atoms with E-state index in [-0.39, 0.29) is 5.56 Å². The lowest BCUT2D eigenvalue weighted by molar-refractivity contribution is -0.123. The molecule has 1 N–H and O–H groups in total. The summed E-state index contributed by atoms with van der Waals surface area (Å²) in [5.74, 6) is -0.0705. The third-order valence-electron chi connectivity index (χ3n) is 4.91. The SMILES string of the molecule is Cc1csc(NC(=O)C(C)OC(=O)c2ccc3nc(-c4ccco4)c(-c4ccco4)nc3c2)n1. The van der Waals surface area contributed by atoms with Crippen LogP contribution in [0.4, 0.5) is 5.13 Å². The van der Waals surface area contributed by atoms with Crippen molar-refractivity contribution in [2.75, 3.05) is 5.32 Å². The van der Waals surface area contributed by atoms with E-state index >= 15 is 0 Å². The lowest BCUT2D eigenvalue weighted by Gasteiger charge is -2.13. The van der Waals surface area contributed by atoms with Crippen LogP contribution in [-0.2, 0) is 9.53 Å². The van der Waals surface area contributed by atoms with E-state index in [1.54, 1.807) is 55.0 Å². The Bertz CT molecular complexity index is 1470. The third kappa shape index (κ3) is 4.30. The van der Waals surface area contributed by atoms with Crippen LogP contribution < -0.4 is 5.32 Å². The summed E-state index contributed by atoms with van der Waals surface area (Å²) in [4.78, 5) is 38.6. The second kappa shape index (κ2) is 8.91. The molecule has 0 saturated heterocycles. The van der Waals surface area contributed by atoms with Crippen molar-refractivity contribution in [3.63, 3.8) is 0 Å². The quantitative estimate of drug-likeness (QED) is 0.338. The molecule has 0 aliphatic heterocycles. The molecule has 10 heteroatoms. The molecule has 170 valence electrons. The number of carbonyl (C=O) groups excluding carboxylic acids is 2. The Morgan fingerprint density at radius 3 is 2.24 bits per heavy atom. The van der Waals surface area contributed by atoms with Crippen molar-refractivity contribution < 1.29 is 23.2 Å². The number of anilines is 1. The van der Waals surface area contributed by atoms with Crippen LogP contribution in [0.15, 0.2) is 69.2 Å². The molecular weight excluding hydrogens is 456 g/mol. The van der Waals surface area contributed by atoms with Crippen LogP contribution in [0.1, 0.15) is 23.0 Å². The van der Waals surface area contributed by atoms with Gasteiger partial charge in [0.2, 0.25) is 0 Å². The predicted molar refractivity (Wildman–Crippen MR) is 125 cm³/mol. The maximum absolute atomic E-state index is 12.7. The van der Waals surface area contributed by atoms with Crippen LogP contribution >= 0.6 is 11.3 Å². The molecule has 0 aliphatic carbocycles. The summed E-state index contributed by atoms with van der Waals surface area (Å²) in [6, 6.07) is 11.9. The molecule has 0 radical (unpaired) electrons. The molecule has 9 nitrogen and oxygen atoms in total. The monoisotopic (exact) mass is 474 g/mol. The topological polar surface area (TPSA) is 120 Å². The van der Waals surface area contributed by atoms with Gasteiger partial charge in [-0.1, -0.05) is 0 Å². The van der Waals surface area contributed by atoms with Crippen LogP contribution in [0.3, 0.4) is 0 Å². The largest absolute Gasteiger partial charge is 0.463 e. The molecule has 4 heterocycles. The van der Waals surface area contributed by atoms with Crippen LogP contribution in [0.2, 0.25) is 0 Å². The number of ether oxygens (including phenoxy) is 1. The Morgan fingerprint density at radius 1 is 0.971 bits per heavy atom. The summed E-state index contributed by atoms with van der Waals surface area (Å²) in [5, 5.41) is 4.91. The summed E-state index contributed by atoms with van der Waals surface area (Å²) in [5.41, 5.74) is 3.05. The van der Waals surface area contributed by atoms with E-state index < -0.39 is 18.0 Å². The van der Waals surface area contributed by atoms with E-state index in [2.05, 4.69) is 20.3 Å². The predicted octanol–water partition coefficient (Wildman–Crippen LogP) is 5.10. The number of furan rings is 2. The number of aromatic nitrogens is 3. The number of benzene rings is 1. The number of rotatable bonds is 6. The molecule has 4 aromatic heterocycles. The molecule has 0 aliphatic rings. The normalized spacial score (nSPS) is 11.9. The van der Waals surface area contributed by atoms with E-state index in [9.17, 15) is 9.59 Å². The molecule has 0 fully saturated rings. The van der Waals surface area contributed by atoms with Crippen molar-refractivity contribution in [2.45, 2.75) is 20.0 Å². The number of hydrogen-bond acceptors (Lipinski definition) is 9. The maximum Gasteiger partial charge on any atom is 0.338 e. The smallest absolute Gasteiger partial charge is 0.338 e. The second-order valence-corrected chi connectivity index (χ2v) is 8.27. The second-order valence-electron chi connectivity index (χ2n) is 7.41. The molecule has 1 amide bonds. The molecule has 1 aromatic carbocycles. The fourth-order valence-electron chi connectivity index (χ4n) is 3.25. The highest BCUT2D eigenvalue weighted by atomic mass is 32.1. The minimum absolute atomic E-state index is 0.239. The molecular formula is C24H18N4O5S. The van der Waals surface area contributed by atoms with Gasteiger partial charge in [0.1, 0.15) is 11.4 Å². The van der Waals surface area contributed by atoms with E-state index in [1.807, 2.05) is 12.3 Å². The molecule has 34 heavy (non-hydrogen) atoms. The molecule has 5 aromatic rings. The number of aryl methyl sites for hydroxylation is 1. The number of amides is 1. The summed E-state index contributed by atoms with van der Waals surface area (Å²) in [7, 11) is 0. The number of hydrogen-bond donors (Lipinski definition) is 1. The van der Waals surface area contributed by atoms with Gasteiger partial charge in [-0.25, -0.2) is 19.7 Å². The maximum atomic E-state index is 12.7. The average Bonchev–Trinajstić information content (AvgIpc) is 3.61. The lowest BCUT2D eigenvalue weighted by Crippen LogP contribution is -2.30. The van der Waals surface area contributed by atoms with E-state index in [4.69, 9.17) is 13.6 Å². The Labute approximate surface area is 197 Å². The van der Waals surface area contributed by atoms with Crippen LogP contribution in [0, 0.1) is 6.92 Å². The molecule has 0 saturated carbocycles. The standard InChI is InChI=1S/C24H18N4O5S/c1-13-12-34-24(25-13)28-22(29)14(2)33-23(30)15-7-8-16-17(11-15)27-21(19-6-4-10-32-19)20(26-16)18-5-3-9-31-18/h3-12,14H,1-2H3,(H,25,28,29). The lowest BCUT2D eigenvalue weighted by atomic mass is 10.1. The zero-order valence-corrected chi connectivity index (χ0v) is 19.0. The number of thiazole rings is 1. The highest BCUT2D eigenvalue weighted by molar-refractivity contribution is 7.13. The van der Waals surface area contributed by atoms with Crippen LogP contribution in [0.25, 0.3) is 33.9 Å². The first-order chi connectivity index (χ1) is 16.5. The third-order valence-corrected chi connectivity index (χ3v) is 5.79. The zero-order valence-electron chi connectivity index (χ0n) is 18.1. The van der Waals surface area contributed by atoms with Crippen molar-refractivity contribution >= 4 is 39.4 Å². The van der Waals surface area contributed by atoms with E-state index in [1.165, 1.54) is 18.3 Å². The van der Waals surface area contributed by atoms with Crippen molar-refractivity contribution in [2.24, 2.45) is 0 Å². The van der Waals surface area contributed by atoms with Gasteiger partial charge >= 0.3 is 5.97 Å². The first-order valence-corrected chi connectivity index (χ1v) is 11.2. The number of carbonyl (C=O) groups is 2. The first kappa shape index (κ1) is 21.5. The van der Waals surface area contributed by atoms with Crippen LogP contribution in [-0.4, -0.2) is 32.9 Å². The van der Waals surface area contributed by atoms with Gasteiger partial charge in [-0.05, 0) is 56.3 Å². The van der Waals surface area contributed by atoms with Crippen molar-refractivity contribution in [1.29, 1.82) is 0 Å². The number of fused-ring (bicyclic) bond motifs is 1. The fraction of sp³-hybridized carbons (Fsp3) is 0.125. The van der Waals surface area contributed by atoms with Gasteiger partial charge in [-0.3, -0.25) is 10.1 Å². The minimum Gasteiger partial charge on any atom is -0.463 e. The van der Waals surface area contributed by atoms with Crippen molar-refractivity contribution in [3.8, 4) is 22.9 Å². The number of esters is 1. The van der Waals surface area contributed by atoms with Gasteiger partial charge in [-0.2, -0.15) is 0 Å². The zero-order chi connectivity index (χ0) is 23.7. The summed E-state index contributed by atoms with van der Waals surface area (Å²) in [6.45, 7) is 3.33. The highest BCUT2D eigenvalue weighted by Crippen LogP contribution is 2.31. The van der Waals surface area contributed by atoms with Crippen molar-refractivity contribution in [3.05, 3.63) is 71.6 Å². The minimum atomic E-state index is -1.02. The highest BCUT2D eigenvalue weighted by Gasteiger charge is 2.22. The van der Waals surface area contributed by atoms with Gasteiger partial charge in [0.25, 0.3) is 5.91 Å². The van der Waals surface area contributed by atoms with Gasteiger partial charge in [0, 0.05) is 5.38 Å². The van der Waals surface area contributed by atoms with Crippen LogP contribution in [0.5, 0.6) is 0 Å². The number of nitrogens with one attached hydrogen (secondary N) is 1. The van der Waals surface area contributed by atoms with Crippen molar-refractivity contribution in [1.82, 2.24) is 15.0 Å². The number of nitrogens with zero attached hydrogens (tertiary/aromatic N) is 3. The van der Waals surface area contributed by atoms with Gasteiger partial charge in [-0.15, -0.1) is 11.3 Å². The summed E-state index contributed by atoms with van der Waals surface area (Å²) >= 11 is 1.30. The van der Waals surface area contributed by atoms with E-state index in [0.717, 1.165) is 5.69 Å². The summed E-state index contributed by atoms with van der Waals surface area (Å²) in [6.07, 6.45) is 2.08. The Morgan fingerprint density at radius 2 is 1.65 bits per heavy atom. The molecule has 0 spiro atoms. The Kier molecular flexibility index (Phi) is 5.64. The van der Waals surface area contributed by atoms with Gasteiger partial charge < -0.3 is 13.6 Å². The Balaban J connectivity index is 1.41. The van der Waals surface area contributed by atoms with E-state index in [0.29, 0.717) is 39.1 Å². The van der Waals surface area contributed by atoms with Gasteiger partial charge in [0.05, 0.1) is 34.8 Å². The molecule has 1 atom stereocenters. The van der Waals surface area contributed by atoms with Gasteiger partial charge in [0.15, 0.2) is 22.8 Å². The molecule has 1 unspecified atom stereocenters. The first-order valence-electron chi connectivity index (χ1n) is 10.3. The average molecular weight is 474 g/mol. The fourth-order valence-corrected chi connectivity index (χ4v) is 3.94. The molecule has 5 rings (SSSR count).